The third-order valence-corrected chi connectivity index (χ3v) is 3.16. The summed E-state index contributed by atoms with van der Waals surface area (Å²) >= 11 is 3.37. The van der Waals surface area contributed by atoms with E-state index in [0.29, 0.717) is 6.54 Å². The number of benzene rings is 1. The first-order valence-corrected chi connectivity index (χ1v) is 6.14. The number of hydrogen-bond donors (Lipinski definition) is 2. The highest BCUT2D eigenvalue weighted by atomic mass is 79.9. The van der Waals surface area contributed by atoms with Crippen LogP contribution < -0.4 is 10.9 Å². The summed E-state index contributed by atoms with van der Waals surface area (Å²) in [6.07, 6.45) is 0. The SMILES string of the molecule is CNCc1c(C)[nH]n(-c2ccc(Br)cc2)c1=O. The van der Waals surface area contributed by atoms with Crippen LogP contribution in [-0.4, -0.2) is 16.8 Å². The van der Waals surface area contributed by atoms with Crippen molar-refractivity contribution in [1.29, 1.82) is 0 Å². The van der Waals surface area contributed by atoms with Gasteiger partial charge in [-0.2, -0.15) is 0 Å². The summed E-state index contributed by atoms with van der Waals surface area (Å²) in [5.41, 5.74) is 2.51. The molecule has 5 heteroatoms. The topological polar surface area (TPSA) is 49.8 Å². The second-order valence-electron chi connectivity index (χ2n) is 3.86. The van der Waals surface area contributed by atoms with E-state index in [2.05, 4.69) is 26.3 Å². The number of aryl methyl sites for hydroxylation is 1. The maximum atomic E-state index is 12.1. The second kappa shape index (κ2) is 4.89. The molecule has 2 N–H and O–H groups in total. The van der Waals surface area contributed by atoms with Crippen molar-refractivity contribution in [2.75, 3.05) is 7.05 Å². The van der Waals surface area contributed by atoms with Crippen molar-refractivity contribution in [1.82, 2.24) is 15.1 Å². The smallest absolute Gasteiger partial charge is 0.275 e. The standard InChI is InChI=1S/C12H14BrN3O/c1-8-11(7-14-2)12(17)16(15-8)10-5-3-9(13)4-6-10/h3-6,14-15H,7H2,1-2H3. The lowest BCUT2D eigenvalue weighted by molar-refractivity contribution is 0.801. The van der Waals surface area contributed by atoms with Gasteiger partial charge in [-0.1, -0.05) is 15.9 Å². The molecular weight excluding hydrogens is 282 g/mol. The summed E-state index contributed by atoms with van der Waals surface area (Å²) in [6.45, 7) is 2.48. The fourth-order valence-electron chi connectivity index (χ4n) is 1.74. The Bertz CT molecular complexity index is 568. The normalized spacial score (nSPS) is 10.8. The van der Waals surface area contributed by atoms with E-state index in [1.807, 2.05) is 38.2 Å². The van der Waals surface area contributed by atoms with E-state index >= 15 is 0 Å². The van der Waals surface area contributed by atoms with Crippen LogP contribution in [0.4, 0.5) is 0 Å². The van der Waals surface area contributed by atoms with Crippen LogP contribution in [0.1, 0.15) is 11.3 Å². The number of hydrogen-bond acceptors (Lipinski definition) is 2. The van der Waals surface area contributed by atoms with Crippen molar-refractivity contribution in [3.63, 3.8) is 0 Å². The third kappa shape index (κ3) is 2.35. The van der Waals surface area contributed by atoms with E-state index in [1.165, 1.54) is 0 Å². The van der Waals surface area contributed by atoms with Gasteiger partial charge in [0.05, 0.1) is 11.3 Å². The highest BCUT2D eigenvalue weighted by Gasteiger charge is 2.10. The van der Waals surface area contributed by atoms with Gasteiger partial charge in [0.25, 0.3) is 5.56 Å². The van der Waals surface area contributed by atoms with Crippen LogP contribution in [0.2, 0.25) is 0 Å². The molecule has 0 aliphatic carbocycles. The van der Waals surface area contributed by atoms with Gasteiger partial charge in [-0.15, -0.1) is 0 Å². The first-order chi connectivity index (χ1) is 8.13. The Hall–Kier alpha value is -1.33. The molecule has 1 aromatic heterocycles. The minimum absolute atomic E-state index is 0.000766. The summed E-state index contributed by atoms with van der Waals surface area (Å²) in [6, 6.07) is 7.61. The van der Waals surface area contributed by atoms with Gasteiger partial charge >= 0.3 is 0 Å². The predicted octanol–water partition coefficient (Wildman–Crippen LogP) is 1.96. The molecule has 0 atom stereocenters. The van der Waals surface area contributed by atoms with Crippen molar-refractivity contribution in [2.45, 2.75) is 13.5 Å². The molecule has 0 spiro atoms. The van der Waals surface area contributed by atoms with Gasteiger partial charge in [-0.25, -0.2) is 4.68 Å². The molecule has 90 valence electrons. The molecule has 1 aromatic carbocycles. The Kier molecular flexibility index (Phi) is 3.49. The van der Waals surface area contributed by atoms with Gasteiger partial charge in [0, 0.05) is 16.7 Å². The molecule has 0 bridgehead atoms. The number of rotatable bonds is 3. The summed E-state index contributed by atoms with van der Waals surface area (Å²) < 4.78 is 2.56. The minimum Gasteiger partial charge on any atom is -0.315 e. The van der Waals surface area contributed by atoms with Crippen LogP contribution in [0, 0.1) is 6.92 Å². The largest absolute Gasteiger partial charge is 0.315 e. The molecule has 2 rings (SSSR count). The molecule has 1 heterocycles. The van der Waals surface area contributed by atoms with Crippen molar-refractivity contribution >= 4 is 15.9 Å². The van der Waals surface area contributed by atoms with Gasteiger partial charge in [-0.3, -0.25) is 9.89 Å². The van der Waals surface area contributed by atoms with Crippen LogP contribution in [0.3, 0.4) is 0 Å². The van der Waals surface area contributed by atoms with Crippen LogP contribution >= 0.6 is 15.9 Å². The molecule has 17 heavy (non-hydrogen) atoms. The van der Waals surface area contributed by atoms with Crippen molar-refractivity contribution in [3.05, 3.63) is 50.3 Å². The molecule has 0 saturated carbocycles. The van der Waals surface area contributed by atoms with Crippen LogP contribution in [-0.2, 0) is 6.54 Å². The van der Waals surface area contributed by atoms with Gasteiger partial charge in [0.1, 0.15) is 0 Å². The Morgan fingerprint density at radius 1 is 1.35 bits per heavy atom. The molecule has 0 radical (unpaired) electrons. The lowest BCUT2D eigenvalue weighted by atomic mass is 10.2. The lowest BCUT2D eigenvalue weighted by Crippen LogP contribution is -2.20. The molecule has 0 aliphatic heterocycles. The quantitative estimate of drug-likeness (QED) is 0.909. The summed E-state index contributed by atoms with van der Waals surface area (Å²) in [7, 11) is 1.83. The fraction of sp³-hybridized carbons (Fsp3) is 0.250. The maximum Gasteiger partial charge on any atom is 0.275 e. The highest BCUT2D eigenvalue weighted by Crippen LogP contribution is 2.13. The fourth-order valence-corrected chi connectivity index (χ4v) is 2.00. The molecule has 0 saturated heterocycles. The number of aromatic nitrogens is 2. The Balaban J connectivity index is 2.50. The average Bonchev–Trinajstić information content (AvgIpc) is 2.59. The number of halogens is 1. The Labute approximate surface area is 108 Å². The van der Waals surface area contributed by atoms with Crippen LogP contribution in [0.25, 0.3) is 5.69 Å². The summed E-state index contributed by atoms with van der Waals surface area (Å²) in [5, 5.41) is 6.08. The molecule has 0 fully saturated rings. The zero-order chi connectivity index (χ0) is 12.4. The zero-order valence-corrected chi connectivity index (χ0v) is 11.3. The van der Waals surface area contributed by atoms with E-state index in [9.17, 15) is 4.79 Å². The van der Waals surface area contributed by atoms with Gasteiger partial charge in [0.2, 0.25) is 0 Å². The third-order valence-electron chi connectivity index (χ3n) is 2.63. The Morgan fingerprint density at radius 2 is 2.00 bits per heavy atom. The van der Waals surface area contributed by atoms with Crippen molar-refractivity contribution in [2.24, 2.45) is 0 Å². The molecular formula is C12H14BrN3O. The molecule has 2 aromatic rings. The highest BCUT2D eigenvalue weighted by molar-refractivity contribution is 9.10. The molecule has 0 aliphatic rings. The number of H-pyrrole nitrogens is 1. The predicted molar refractivity (Wildman–Crippen MR) is 71.6 cm³/mol. The van der Waals surface area contributed by atoms with Gasteiger partial charge in [-0.05, 0) is 38.2 Å². The van der Waals surface area contributed by atoms with Crippen LogP contribution in [0.5, 0.6) is 0 Å². The van der Waals surface area contributed by atoms with Gasteiger partial charge < -0.3 is 5.32 Å². The first kappa shape index (κ1) is 12.1. The first-order valence-electron chi connectivity index (χ1n) is 5.34. The summed E-state index contributed by atoms with van der Waals surface area (Å²) in [4.78, 5) is 12.1. The Morgan fingerprint density at radius 3 is 2.59 bits per heavy atom. The van der Waals surface area contributed by atoms with E-state index in [1.54, 1.807) is 4.68 Å². The van der Waals surface area contributed by atoms with E-state index < -0.39 is 0 Å². The van der Waals surface area contributed by atoms with Crippen molar-refractivity contribution in [3.8, 4) is 5.69 Å². The number of nitrogens with zero attached hydrogens (tertiary/aromatic N) is 1. The molecule has 0 unspecified atom stereocenters. The number of aromatic amines is 1. The van der Waals surface area contributed by atoms with E-state index in [4.69, 9.17) is 0 Å². The zero-order valence-electron chi connectivity index (χ0n) is 9.75. The van der Waals surface area contributed by atoms with Crippen molar-refractivity contribution < 1.29 is 0 Å². The molecule has 0 amide bonds. The van der Waals surface area contributed by atoms with Crippen LogP contribution in [0.15, 0.2) is 33.5 Å². The average molecular weight is 296 g/mol. The minimum atomic E-state index is -0.000766. The van der Waals surface area contributed by atoms with E-state index in [0.717, 1.165) is 21.4 Å². The second-order valence-corrected chi connectivity index (χ2v) is 4.78. The lowest BCUT2D eigenvalue weighted by Gasteiger charge is -2.00. The number of nitrogens with one attached hydrogen (secondary N) is 2. The summed E-state index contributed by atoms with van der Waals surface area (Å²) in [5.74, 6) is 0. The molecule has 4 nitrogen and oxygen atoms in total. The maximum absolute atomic E-state index is 12.1. The van der Waals surface area contributed by atoms with E-state index in [-0.39, 0.29) is 5.56 Å². The monoisotopic (exact) mass is 295 g/mol. The van der Waals surface area contributed by atoms with Gasteiger partial charge in [0.15, 0.2) is 0 Å².